The van der Waals surface area contributed by atoms with Gasteiger partial charge in [-0.25, -0.2) is 0 Å². The minimum absolute atomic E-state index is 0.0620. The van der Waals surface area contributed by atoms with Crippen molar-refractivity contribution in [3.8, 4) is 0 Å². The van der Waals surface area contributed by atoms with Gasteiger partial charge in [0.1, 0.15) is 5.78 Å². The van der Waals surface area contributed by atoms with Crippen LogP contribution in [-0.2, 0) is 14.3 Å². The molecule has 2 aromatic rings. The number of hydrogen-bond donors (Lipinski definition) is 0. The Morgan fingerprint density at radius 1 is 0.846 bits per heavy atom. The predicted octanol–water partition coefficient (Wildman–Crippen LogP) is 4.71. The molecule has 134 valence electrons. The Balaban J connectivity index is 1.54. The van der Waals surface area contributed by atoms with Crippen LogP contribution in [0.1, 0.15) is 49.3 Å². The van der Waals surface area contributed by atoms with Crippen LogP contribution in [0.25, 0.3) is 0 Å². The molecule has 2 aliphatic rings. The lowest BCUT2D eigenvalue weighted by Crippen LogP contribution is -2.39. The van der Waals surface area contributed by atoms with Gasteiger partial charge in [0.2, 0.25) is 0 Å². The maximum Gasteiger partial charge on any atom is 0.309 e. The number of ether oxygens (including phenoxy) is 1. The third-order valence-corrected chi connectivity index (χ3v) is 5.82. The fraction of sp³-hybridized carbons (Fsp3) is 0.391. The number of rotatable bonds is 4. The lowest BCUT2D eigenvalue weighted by Gasteiger charge is -2.37. The van der Waals surface area contributed by atoms with Crippen molar-refractivity contribution in [3.63, 3.8) is 0 Å². The largest absolute Gasteiger partial charge is 0.452 e. The van der Waals surface area contributed by atoms with Crippen LogP contribution in [0.4, 0.5) is 0 Å². The quantitative estimate of drug-likeness (QED) is 0.751. The van der Waals surface area contributed by atoms with E-state index in [-0.39, 0.29) is 23.7 Å². The maximum absolute atomic E-state index is 13.0. The molecule has 0 radical (unpaired) electrons. The molecule has 0 spiro atoms. The van der Waals surface area contributed by atoms with Gasteiger partial charge in [-0.1, -0.05) is 67.1 Å². The van der Waals surface area contributed by atoms with Crippen LogP contribution in [0.2, 0.25) is 0 Å². The second kappa shape index (κ2) is 7.45. The van der Waals surface area contributed by atoms with E-state index in [1.165, 1.54) is 0 Å². The molecule has 4 rings (SSSR count). The van der Waals surface area contributed by atoms with Crippen molar-refractivity contribution in [1.29, 1.82) is 0 Å². The van der Waals surface area contributed by atoms with E-state index >= 15 is 0 Å². The highest BCUT2D eigenvalue weighted by Crippen LogP contribution is 2.41. The van der Waals surface area contributed by atoms with E-state index in [4.69, 9.17) is 4.74 Å². The van der Waals surface area contributed by atoms with Crippen molar-refractivity contribution in [1.82, 2.24) is 0 Å². The van der Waals surface area contributed by atoms with E-state index in [0.717, 1.165) is 30.4 Å². The van der Waals surface area contributed by atoms with Gasteiger partial charge in [-0.05, 0) is 36.8 Å². The van der Waals surface area contributed by atoms with E-state index < -0.39 is 6.10 Å². The van der Waals surface area contributed by atoms with Crippen LogP contribution >= 0.6 is 0 Å². The summed E-state index contributed by atoms with van der Waals surface area (Å²) in [4.78, 5) is 25.2. The highest BCUT2D eigenvalue weighted by Gasteiger charge is 2.42. The number of esters is 1. The standard InChI is InChI=1S/C23H24O3/c24-21-18-12-7-13-19(21)15-20(14-18)23(25)26-22(16-8-3-1-4-9-16)17-10-5-2-6-11-17/h1-6,8-11,18-20,22H,7,12-15H2/t18-,19+,20?. The van der Waals surface area contributed by atoms with Gasteiger partial charge in [0.25, 0.3) is 0 Å². The molecule has 26 heavy (non-hydrogen) atoms. The summed E-state index contributed by atoms with van der Waals surface area (Å²) in [5, 5.41) is 0. The van der Waals surface area contributed by atoms with Crippen molar-refractivity contribution < 1.29 is 14.3 Å². The number of ketones is 1. The number of hydrogen-bond acceptors (Lipinski definition) is 3. The van der Waals surface area contributed by atoms with Crippen LogP contribution in [0.3, 0.4) is 0 Å². The van der Waals surface area contributed by atoms with Crippen molar-refractivity contribution in [2.24, 2.45) is 17.8 Å². The molecule has 2 saturated carbocycles. The van der Waals surface area contributed by atoms with Gasteiger partial charge in [-0.15, -0.1) is 0 Å². The SMILES string of the molecule is O=C(OC(c1ccccc1)c1ccccc1)C1C[C@H]2CCC[C@@H](C1)C2=O. The topological polar surface area (TPSA) is 43.4 Å². The van der Waals surface area contributed by atoms with Crippen molar-refractivity contribution in [2.45, 2.75) is 38.2 Å². The summed E-state index contributed by atoms with van der Waals surface area (Å²) in [6.45, 7) is 0. The van der Waals surface area contributed by atoms with E-state index in [1.807, 2.05) is 60.7 Å². The average Bonchev–Trinajstić information content (AvgIpc) is 2.67. The molecule has 0 aromatic heterocycles. The van der Waals surface area contributed by atoms with Gasteiger partial charge >= 0.3 is 5.97 Å². The molecular weight excluding hydrogens is 324 g/mol. The first kappa shape index (κ1) is 17.0. The third-order valence-electron chi connectivity index (χ3n) is 5.82. The number of benzene rings is 2. The van der Waals surface area contributed by atoms with Crippen molar-refractivity contribution in [2.75, 3.05) is 0 Å². The number of carbonyl (C=O) groups excluding carboxylic acids is 2. The van der Waals surface area contributed by atoms with Crippen molar-refractivity contribution >= 4 is 11.8 Å². The zero-order valence-corrected chi connectivity index (χ0v) is 14.8. The van der Waals surface area contributed by atoms with Gasteiger partial charge in [-0.2, -0.15) is 0 Å². The Morgan fingerprint density at radius 2 is 1.35 bits per heavy atom. The lowest BCUT2D eigenvalue weighted by atomic mass is 9.67. The molecule has 0 heterocycles. The summed E-state index contributed by atoms with van der Waals surface area (Å²) >= 11 is 0. The molecule has 0 amide bonds. The summed E-state index contributed by atoms with van der Waals surface area (Å²) in [7, 11) is 0. The monoisotopic (exact) mass is 348 g/mol. The van der Waals surface area contributed by atoms with Crippen LogP contribution in [0.15, 0.2) is 60.7 Å². The smallest absolute Gasteiger partial charge is 0.309 e. The maximum atomic E-state index is 13.0. The van der Waals surface area contributed by atoms with E-state index in [9.17, 15) is 9.59 Å². The molecule has 0 N–H and O–H groups in total. The van der Waals surface area contributed by atoms with Crippen molar-refractivity contribution in [3.05, 3.63) is 71.8 Å². The molecule has 3 heteroatoms. The summed E-state index contributed by atoms with van der Waals surface area (Å²) in [6.07, 6.45) is 3.89. The van der Waals surface area contributed by atoms with Crippen LogP contribution in [0, 0.1) is 17.8 Å². The fourth-order valence-corrected chi connectivity index (χ4v) is 4.47. The summed E-state index contributed by atoms with van der Waals surface area (Å²) < 4.78 is 6.01. The molecule has 3 atom stereocenters. The van der Waals surface area contributed by atoms with E-state index in [1.54, 1.807) is 0 Å². The summed E-state index contributed by atoms with van der Waals surface area (Å²) in [6, 6.07) is 19.7. The number of Topliss-reactive ketones (excluding diaryl/α,β-unsaturated/α-hetero) is 1. The van der Waals surface area contributed by atoms with Crippen LogP contribution < -0.4 is 0 Å². The van der Waals surface area contributed by atoms with Crippen LogP contribution in [-0.4, -0.2) is 11.8 Å². The zero-order chi connectivity index (χ0) is 17.9. The highest BCUT2D eigenvalue weighted by atomic mass is 16.5. The second-order valence-electron chi connectivity index (χ2n) is 7.53. The first-order chi connectivity index (χ1) is 12.7. The van der Waals surface area contributed by atoms with E-state index in [2.05, 4.69) is 0 Å². The normalized spacial score (nSPS) is 25.1. The minimum atomic E-state index is -0.401. The molecule has 2 aliphatic carbocycles. The highest BCUT2D eigenvalue weighted by molar-refractivity contribution is 5.87. The molecule has 2 bridgehead atoms. The Kier molecular flexibility index (Phi) is 4.87. The Labute approximate surface area is 154 Å². The first-order valence-corrected chi connectivity index (χ1v) is 9.56. The number of carbonyl (C=O) groups is 2. The van der Waals surface area contributed by atoms with Gasteiger partial charge in [0.15, 0.2) is 6.10 Å². The number of fused-ring (bicyclic) bond motifs is 2. The minimum Gasteiger partial charge on any atom is -0.452 e. The molecule has 3 nitrogen and oxygen atoms in total. The molecule has 1 unspecified atom stereocenters. The Hall–Kier alpha value is -2.42. The zero-order valence-electron chi connectivity index (χ0n) is 14.8. The molecule has 2 fully saturated rings. The van der Waals surface area contributed by atoms with E-state index in [0.29, 0.717) is 18.6 Å². The Bertz CT molecular complexity index is 713. The third kappa shape index (κ3) is 3.44. The molecule has 0 aliphatic heterocycles. The van der Waals surface area contributed by atoms with Gasteiger partial charge < -0.3 is 4.74 Å². The predicted molar refractivity (Wildman–Crippen MR) is 99.4 cm³/mol. The first-order valence-electron chi connectivity index (χ1n) is 9.56. The lowest BCUT2D eigenvalue weighted by molar-refractivity contribution is -0.157. The molecule has 0 saturated heterocycles. The van der Waals surface area contributed by atoms with Gasteiger partial charge in [-0.3, -0.25) is 9.59 Å². The molecule has 2 aromatic carbocycles. The Morgan fingerprint density at radius 3 is 1.85 bits per heavy atom. The van der Waals surface area contributed by atoms with Gasteiger partial charge in [0.05, 0.1) is 5.92 Å². The van der Waals surface area contributed by atoms with Crippen LogP contribution in [0.5, 0.6) is 0 Å². The van der Waals surface area contributed by atoms with Gasteiger partial charge in [0, 0.05) is 11.8 Å². The second-order valence-corrected chi connectivity index (χ2v) is 7.53. The molecular formula is C23H24O3. The summed E-state index contributed by atoms with van der Waals surface area (Å²) in [5.41, 5.74) is 1.94. The average molecular weight is 348 g/mol. The fourth-order valence-electron chi connectivity index (χ4n) is 4.47. The summed E-state index contributed by atoms with van der Waals surface area (Å²) in [5.74, 6) is 0.187.